The van der Waals surface area contributed by atoms with Crippen molar-refractivity contribution in [2.45, 2.75) is 26.1 Å². The van der Waals surface area contributed by atoms with E-state index in [1.165, 1.54) is 19.2 Å². The van der Waals surface area contributed by atoms with Gasteiger partial charge in [-0.2, -0.15) is 8.78 Å². The minimum Gasteiger partial charge on any atom is -0.497 e. The molecule has 0 fully saturated rings. The molecule has 0 aliphatic rings. The number of guanidine groups is 1. The lowest BCUT2D eigenvalue weighted by molar-refractivity contribution is -0.0504. The Morgan fingerprint density at radius 1 is 1.36 bits per heavy atom. The molecule has 1 rings (SSSR count). The summed E-state index contributed by atoms with van der Waals surface area (Å²) < 4.78 is 39.3. The van der Waals surface area contributed by atoms with Crippen LogP contribution in [0.5, 0.6) is 11.5 Å². The van der Waals surface area contributed by atoms with Gasteiger partial charge in [-0.05, 0) is 25.1 Å². The van der Waals surface area contributed by atoms with Crippen LogP contribution in [0.3, 0.4) is 0 Å². The second-order valence-electron chi connectivity index (χ2n) is 4.55. The van der Waals surface area contributed by atoms with E-state index in [4.69, 9.17) is 15.2 Å². The summed E-state index contributed by atoms with van der Waals surface area (Å²) in [4.78, 5) is 4.11. The minimum atomic E-state index is -2.91. The number of ether oxygens (including phenoxy) is 3. The summed E-state index contributed by atoms with van der Waals surface area (Å²) in [5.74, 6) is 0.749. The number of nitrogens with two attached hydrogens (primary N) is 1. The van der Waals surface area contributed by atoms with E-state index in [0.29, 0.717) is 17.9 Å². The molecule has 1 aromatic carbocycles. The lowest BCUT2D eigenvalue weighted by Gasteiger charge is -2.14. The molecule has 0 heterocycles. The molecule has 3 N–H and O–H groups in total. The third kappa shape index (κ3) is 6.13. The van der Waals surface area contributed by atoms with Gasteiger partial charge in [-0.1, -0.05) is 0 Å². The molecule has 0 spiro atoms. The van der Waals surface area contributed by atoms with E-state index in [0.717, 1.165) is 0 Å². The van der Waals surface area contributed by atoms with Gasteiger partial charge < -0.3 is 25.3 Å². The first-order valence-corrected chi connectivity index (χ1v) is 6.63. The van der Waals surface area contributed by atoms with Crippen molar-refractivity contribution in [1.29, 1.82) is 0 Å². The van der Waals surface area contributed by atoms with Crippen molar-refractivity contribution < 1.29 is 23.0 Å². The summed E-state index contributed by atoms with van der Waals surface area (Å²) in [6.07, 6.45) is 0. The Morgan fingerprint density at radius 2 is 2.09 bits per heavy atom. The van der Waals surface area contributed by atoms with Crippen LogP contribution in [0.4, 0.5) is 8.78 Å². The Kier molecular flexibility index (Phi) is 7.38. The number of halogens is 2. The molecule has 1 aromatic rings. The molecular weight excluding hydrogens is 296 g/mol. The summed E-state index contributed by atoms with van der Waals surface area (Å²) >= 11 is 0. The van der Waals surface area contributed by atoms with E-state index in [2.05, 4.69) is 15.0 Å². The van der Waals surface area contributed by atoms with Crippen LogP contribution in [0.15, 0.2) is 23.2 Å². The number of nitrogens with one attached hydrogen (secondary N) is 1. The van der Waals surface area contributed by atoms with Crippen molar-refractivity contribution in [3.05, 3.63) is 23.8 Å². The second kappa shape index (κ2) is 9.04. The molecule has 0 aliphatic heterocycles. The fourth-order valence-electron chi connectivity index (χ4n) is 1.78. The molecule has 6 nitrogen and oxygen atoms in total. The molecule has 0 amide bonds. The van der Waals surface area contributed by atoms with Gasteiger partial charge in [0.2, 0.25) is 0 Å². The number of hydrogen-bond donors (Lipinski definition) is 2. The van der Waals surface area contributed by atoms with Gasteiger partial charge in [-0.3, -0.25) is 0 Å². The molecule has 22 heavy (non-hydrogen) atoms. The Hall–Kier alpha value is -2.09. The lowest BCUT2D eigenvalue weighted by Crippen LogP contribution is -2.40. The predicted octanol–water partition coefficient (Wildman–Crippen LogP) is 1.74. The Bertz CT molecular complexity index is 498. The monoisotopic (exact) mass is 317 g/mol. The van der Waals surface area contributed by atoms with E-state index in [-0.39, 0.29) is 24.3 Å². The Morgan fingerprint density at radius 3 is 2.68 bits per heavy atom. The number of benzene rings is 1. The molecule has 1 atom stereocenters. The first-order chi connectivity index (χ1) is 10.5. The highest BCUT2D eigenvalue weighted by molar-refractivity contribution is 5.78. The Balaban J connectivity index is 2.81. The highest BCUT2D eigenvalue weighted by Crippen LogP contribution is 2.26. The summed E-state index contributed by atoms with van der Waals surface area (Å²) in [6.45, 7) is -0.483. The van der Waals surface area contributed by atoms with E-state index in [1.807, 2.05) is 6.92 Å². The molecule has 0 saturated carbocycles. The maximum absolute atomic E-state index is 12.4. The average Bonchev–Trinajstić information content (AvgIpc) is 2.45. The predicted molar refractivity (Wildman–Crippen MR) is 79.4 cm³/mol. The van der Waals surface area contributed by atoms with E-state index < -0.39 is 6.61 Å². The third-order valence-electron chi connectivity index (χ3n) is 2.71. The SMILES string of the molecule is COCC(C)NC(N)=NCc1cc(OC)ccc1OC(F)F. The van der Waals surface area contributed by atoms with E-state index in [9.17, 15) is 8.78 Å². The summed E-state index contributed by atoms with van der Waals surface area (Å²) in [5, 5.41) is 2.92. The van der Waals surface area contributed by atoms with Gasteiger partial charge in [0.25, 0.3) is 0 Å². The van der Waals surface area contributed by atoms with Gasteiger partial charge in [-0.25, -0.2) is 4.99 Å². The van der Waals surface area contributed by atoms with Crippen molar-refractivity contribution in [2.24, 2.45) is 10.7 Å². The van der Waals surface area contributed by atoms with Crippen molar-refractivity contribution in [1.82, 2.24) is 5.32 Å². The standard InChI is InChI=1S/C14H21F2N3O3/c1-9(8-20-2)19-14(17)18-7-10-6-11(21-3)4-5-12(10)22-13(15)16/h4-6,9,13H,7-8H2,1-3H3,(H3,17,18,19). The van der Waals surface area contributed by atoms with Crippen molar-refractivity contribution in [2.75, 3.05) is 20.8 Å². The maximum atomic E-state index is 12.4. The van der Waals surface area contributed by atoms with Crippen LogP contribution < -0.4 is 20.5 Å². The topological polar surface area (TPSA) is 78.1 Å². The van der Waals surface area contributed by atoms with Gasteiger partial charge in [-0.15, -0.1) is 0 Å². The fraction of sp³-hybridized carbons (Fsp3) is 0.500. The van der Waals surface area contributed by atoms with Crippen LogP contribution in [-0.2, 0) is 11.3 Å². The molecule has 8 heteroatoms. The van der Waals surface area contributed by atoms with Crippen LogP contribution >= 0.6 is 0 Å². The molecule has 0 radical (unpaired) electrons. The number of aliphatic imine (C=N–C) groups is 1. The molecular formula is C14H21F2N3O3. The first kappa shape index (κ1) is 18.0. The van der Waals surface area contributed by atoms with Gasteiger partial charge in [0.1, 0.15) is 11.5 Å². The zero-order valence-corrected chi connectivity index (χ0v) is 12.8. The zero-order valence-electron chi connectivity index (χ0n) is 12.8. The first-order valence-electron chi connectivity index (χ1n) is 6.63. The summed E-state index contributed by atoms with van der Waals surface area (Å²) in [5.41, 5.74) is 6.19. The summed E-state index contributed by atoms with van der Waals surface area (Å²) in [6, 6.07) is 4.50. The largest absolute Gasteiger partial charge is 0.497 e. The Labute approximate surface area is 128 Å². The molecule has 1 unspecified atom stereocenters. The lowest BCUT2D eigenvalue weighted by atomic mass is 10.2. The fourth-order valence-corrected chi connectivity index (χ4v) is 1.78. The van der Waals surface area contributed by atoms with Crippen LogP contribution in [0.1, 0.15) is 12.5 Å². The quantitative estimate of drug-likeness (QED) is 0.564. The van der Waals surface area contributed by atoms with Crippen LogP contribution in [0.25, 0.3) is 0 Å². The smallest absolute Gasteiger partial charge is 0.387 e. The number of nitrogens with zero attached hydrogens (tertiary/aromatic N) is 1. The average molecular weight is 317 g/mol. The van der Waals surface area contributed by atoms with Gasteiger partial charge in [0.05, 0.1) is 20.3 Å². The van der Waals surface area contributed by atoms with E-state index >= 15 is 0 Å². The van der Waals surface area contributed by atoms with Crippen LogP contribution in [0, 0.1) is 0 Å². The number of rotatable bonds is 8. The van der Waals surface area contributed by atoms with Crippen molar-refractivity contribution in [3.8, 4) is 11.5 Å². The van der Waals surface area contributed by atoms with E-state index in [1.54, 1.807) is 13.2 Å². The van der Waals surface area contributed by atoms with Crippen molar-refractivity contribution >= 4 is 5.96 Å². The van der Waals surface area contributed by atoms with Crippen molar-refractivity contribution in [3.63, 3.8) is 0 Å². The third-order valence-corrected chi connectivity index (χ3v) is 2.71. The molecule has 0 saturated heterocycles. The second-order valence-corrected chi connectivity index (χ2v) is 4.55. The molecule has 124 valence electrons. The molecule has 0 bridgehead atoms. The maximum Gasteiger partial charge on any atom is 0.387 e. The number of alkyl halides is 2. The van der Waals surface area contributed by atoms with Gasteiger partial charge in [0.15, 0.2) is 5.96 Å². The highest BCUT2D eigenvalue weighted by Gasteiger charge is 2.11. The minimum absolute atomic E-state index is 0.0177. The molecule has 0 aliphatic carbocycles. The van der Waals surface area contributed by atoms with Gasteiger partial charge in [0, 0.05) is 18.7 Å². The van der Waals surface area contributed by atoms with Gasteiger partial charge >= 0.3 is 6.61 Å². The zero-order chi connectivity index (χ0) is 16.5. The highest BCUT2D eigenvalue weighted by atomic mass is 19.3. The van der Waals surface area contributed by atoms with Crippen LogP contribution in [-0.4, -0.2) is 39.4 Å². The normalized spacial score (nSPS) is 13.1. The number of hydrogen-bond acceptors (Lipinski definition) is 4. The molecule has 0 aromatic heterocycles. The van der Waals surface area contributed by atoms with Crippen LogP contribution in [0.2, 0.25) is 0 Å². The number of methoxy groups -OCH3 is 2. The summed E-state index contributed by atoms with van der Waals surface area (Å²) in [7, 11) is 3.06.